The molecule has 184 valence electrons. The van der Waals surface area contributed by atoms with Crippen LogP contribution in [0.5, 0.6) is 11.5 Å². The molecule has 1 saturated heterocycles. The molecule has 5 rings (SSSR count). The van der Waals surface area contributed by atoms with Gasteiger partial charge in [0, 0.05) is 48.0 Å². The van der Waals surface area contributed by atoms with Crippen LogP contribution in [0.3, 0.4) is 0 Å². The second kappa shape index (κ2) is 10.5. The highest BCUT2D eigenvalue weighted by atomic mass is 35.5. The molecule has 0 bridgehead atoms. The first kappa shape index (κ1) is 24.0. The number of hydrogen-bond donors (Lipinski definition) is 0. The van der Waals surface area contributed by atoms with Crippen molar-refractivity contribution in [1.82, 2.24) is 4.90 Å². The second-order valence-corrected chi connectivity index (χ2v) is 9.47. The Balaban J connectivity index is 1.27. The van der Waals surface area contributed by atoms with E-state index >= 15 is 0 Å². The zero-order valence-electron chi connectivity index (χ0n) is 20.5. The Morgan fingerprint density at radius 1 is 0.889 bits per heavy atom. The third kappa shape index (κ3) is 5.12. The summed E-state index contributed by atoms with van der Waals surface area (Å²) in [6.07, 6.45) is 0. The van der Waals surface area contributed by atoms with Crippen molar-refractivity contribution in [3.05, 3.63) is 101 Å². The molecule has 4 aromatic carbocycles. The lowest BCUT2D eigenvalue weighted by Crippen LogP contribution is -2.49. The van der Waals surface area contributed by atoms with Gasteiger partial charge in [-0.15, -0.1) is 0 Å². The normalized spacial score (nSPS) is 13.6. The van der Waals surface area contributed by atoms with E-state index in [1.165, 1.54) is 10.9 Å². The van der Waals surface area contributed by atoms with E-state index in [0.29, 0.717) is 31.0 Å². The molecule has 0 aliphatic carbocycles. The summed E-state index contributed by atoms with van der Waals surface area (Å²) in [5.41, 5.74) is 3.79. The third-order valence-corrected chi connectivity index (χ3v) is 6.96. The molecule has 5 nitrogen and oxygen atoms in total. The van der Waals surface area contributed by atoms with E-state index in [2.05, 4.69) is 24.0 Å². The summed E-state index contributed by atoms with van der Waals surface area (Å²) in [5, 5.41) is 3.02. The predicted molar refractivity (Wildman–Crippen MR) is 146 cm³/mol. The average molecular weight is 501 g/mol. The SMILES string of the molecule is COc1ccc(C(=O)N2CCN(c3cc(Cl)ccc3C)CC2)cc1COc1ccc2ccccc2c1. The average Bonchev–Trinajstić information content (AvgIpc) is 2.92. The van der Waals surface area contributed by atoms with Crippen molar-refractivity contribution in [3.63, 3.8) is 0 Å². The summed E-state index contributed by atoms with van der Waals surface area (Å²) < 4.78 is 11.6. The number of methoxy groups -OCH3 is 1. The molecule has 4 aromatic rings. The number of fused-ring (bicyclic) bond motifs is 1. The number of carbonyl (C=O) groups excluding carboxylic acids is 1. The summed E-state index contributed by atoms with van der Waals surface area (Å²) in [7, 11) is 1.63. The molecular formula is C30H29ClN2O3. The Morgan fingerprint density at radius 3 is 2.44 bits per heavy atom. The van der Waals surface area contributed by atoms with Crippen molar-refractivity contribution in [1.29, 1.82) is 0 Å². The Bertz CT molecular complexity index is 1400. The van der Waals surface area contributed by atoms with Crippen molar-refractivity contribution < 1.29 is 14.3 Å². The van der Waals surface area contributed by atoms with E-state index in [0.717, 1.165) is 40.5 Å². The third-order valence-electron chi connectivity index (χ3n) is 6.72. The molecule has 1 fully saturated rings. The van der Waals surface area contributed by atoms with Gasteiger partial charge < -0.3 is 19.3 Å². The maximum absolute atomic E-state index is 13.3. The fourth-order valence-corrected chi connectivity index (χ4v) is 4.87. The number of benzene rings is 4. The first-order chi connectivity index (χ1) is 17.5. The van der Waals surface area contributed by atoms with E-state index in [-0.39, 0.29) is 5.91 Å². The van der Waals surface area contributed by atoms with Gasteiger partial charge >= 0.3 is 0 Å². The smallest absolute Gasteiger partial charge is 0.253 e. The number of carbonyl (C=O) groups is 1. The Hall–Kier alpha value is -3.70. The van der Waals surface area contributed by atoms with Crippen LogP contribution in [0.4, 0.5) is 5.69 Å². The number of rotatable bonds is 6. The van der Waals surface area contributed by atoms with Gasteiger partial charge in [0.05, 0.1) is 7.11 Å². The lowest BCUT2D eigenvalue weighted by Gasteiger charge is -2.37. The molecule has 1 heterocycles. The van der Waals surface area contributed by atoms with Gasteiger partial charge in [-0.2, -0.15) is 0 Å². The summed E-state index contributed by atoms with van der Waals surface area (Å²) in [5.74, 6) is 1.50. The summed E-state index contributed by atoms with van der Waals surface area (Å²) in [6, 6.07) is 25.7. The number of anilines is 1. The molecule has 1 aliphatic rings. The van der Waals surface area contributed by atoms with Crippen LogP contribution in [0.1, 0.15) is 21.5 Å². The number of halogens is 1. The zero-order valence-corrected chi connectivity index (χ0v) is 21.3. The Labute approximate surface area is 216 Å². The summed E-state index contributed by atoms with van der Waals surface area (Å²) >= 11 is 6.21. The van der Waals surface area contributed by atoms with E-state index in [9.17, 15) is 4.79 Å². The van der Waals surface area contributed by atoms with Gasteiger partial charge in [0.15, 0.2) is 0 Å². The molecule has 6 heteroatoms. The number of hydrogen-bond acceptors (Lipinski definition) is 4. The fourth-order valence-electron chi connectivity index (χ4n) is 4.70. The Kier molecular flexibility index (Phi) is 7.01. The van der Waals surface area contributed by atoms with Crippen LogP contribution in [0, 0.1) is 6.92 Å². The van der Waals surface area contributed by atoms with Crippen LogP contribution in [0.15, 0.2) is 78.9 Å². The lowest BCUT2D eigenvalue weighted by molar-refractivity contribution is 0.0746. The predicted octanol–water partition coefficient (Wildman–Crippen LogP) is 6.35. The molecule has 0 radical (unpaired) electrons. The van der Waals surface area contributed by atoms with Gasteiger partial charge in [-0.25, -0.2) is 0 Å². The van der Waals surface area contributed by atoms with Crippen LogP contribution in [0.25, 0.3) is 10.8 Å². The highest BCUT2D eigenvalue weighted by molar-refractivity contribution is 6.30. The molecule has 1 amide bonds. The Morgan fingerprint density at radius 2 is 1.67 bits per heavy atom. The standard InChI is InChI=1S/C30H29ClN2O3/c1-21-7-10-26(31)19-28(21)32-13-15-33(16-14-32)30(34)24-9-12-29(35-2)25(17-24)20-36-27-11-8-22-5-3-4-6-23(22)18-27/h3-12,17-19H,13-16,20H2,1-2H3. The van der Waals surface area contributed by atoms with Gasteiger partial charge in [-0.3, -0.25) is 4.79 Å². The van der Waals surface area contributed by atoms with Gasteiger partial charge in [-0.1, -0.05) is 48.0 Å². The second-order valence-electron chi connectivity index (χ2n) is 9.03. The first-order valence-electron chi connectivity index (χ1n) is 12.1. The summed E-state index contributed by atoms with van der Waals surface area (Å²) in [4.78, 5) is 17.5. The van der Waals surface area contributed by atoms with E-state index in [4.69, 9.17) is 21.1 Å². The number of amides is 1. The number of nitrogens with zero attached hydrogens (tertiary/aromatic N) is 2. The number of aryl methyl sites for hydroxylation is 1. The molecule has 0 atom stereocenters. The molecule has 0 unspecified atom stereocenters. The van der Waals surface area contributed by atoms with Crippen LogP contribution in [0.2, 0.25) is 5.02 Å². The lowest BCUT2D eigenvalue weighted by atomic mass is 10.1. The number of piperazine rings is 1. The topological polar surface area (TPSA) is 42.0 Å². The van der Waals surface area contributed by atoms with Crippen LogP contribution >= 0.6 is 11.6 Å². The largest absolute Gasteiger partial charge is 0.496 e. The van der Waals surface area contributed by atoms with Gasteiger partial charge in [0.2, 0.25) is 0 Å². The van der Waals surface area contributed by atoms with Gasteiger partial charge in [0.25, 0.3) is 5.91 Å². The molecule has 0 spiro atoms. The number of ether oxygens (including phenoxy) is 2. The van der Waals surface area contributed by atoms with Crippen LogP contribution < -0.4 is 14.4 Å². The molecule has 36 heavy (non-hydrogen) atoms. The van der Waals surface area contributed by atoms with E-state index in [1.54, 1.807) is 7.11 Å². The summed E-state index contributed by atoms with van der Waals surface area (Å²) in [6.45, 7) is 5.23. The fraction of sp³-hybridized carbons (Fsp3) is 0.233. The molecule has 1 aliphatic heterocycles. The van der Waals surface area contributed by atoms with Crippen molar-refractivity contribution in [3.8, 4) is 11.5 Å². The van der Waals surface area contributed by atoms with E-state index < -0.39 is 0 Å². The minimum absolute atomic E-state index is 0.0204. The first-order valence-corrected chi connectivity index (χ1v) is 12.5. The quantitative estimate of drug-likeness (QED) is 0.309. The maximum Gasteiger partial charge on any atom is 0.253 e. The highest BCUT2D eigenvalue weighted by Crippen LogP contribution is 2.27. The minimum atomic E-state index is 0.0204. The van der Waals surface area contributed by atoms with Gasteiger partial charge in [0.1, 0.15) is 18.1 Å². The van der Waals surface area contributed by atoms with E-state index in [1.807, 2.05) is 71.6 Å². The van der Waals surface area contributed by atoms with Crippen molar-refractivity contribution in [2.75, 3.05) is 38.2 Å². The highest BCUT2D eigenvalue weighted by Gasteiger charge is 2.24. The van der Waals surface area contributed by atoms with Crippen LogP contribution in [-0.4, -0.2) is 44.1 Å². The molecule has 0 aromatic heterocycles. The van der Waals surface area contributed by atoms with Gasteiger partial charge in [-0.05, 0) is 65.7 Å². The molecular weight excluding hydrogens is 472 g/mol. The van der Waals surface area contributed by atoms with Crippen LogP contribution in [-0.2, 0) is 6.61 Å². The zero-order chi connectivity index (χ0) is 25.1. The maximum atomic E-state index is 13.3. The van der Waals surface area contributed by atoms with Crippen molar-refractivity contribution in [2.24, 2.45) is 0 Å². The molecule has 0 N–H and O–H groups in total. The van der Waals surface area contributed by atoms with Crippen molar-refractivity contribution >= 4 is 34.0 Å². The minimum Gasteiger partial charge on any atom is -0.496 e. The van der Waals surface area contributed by atoms with Crippen molar-refractivity contribution in [2.45, 2.75) is 13.5 Å². The molecule has 0 saturated carbocycles. The monoisotopic (exact) mass is 500 g/mol.